The molecule has 3 aromatic rings. The zero-order valence-corrected chi connectivity index (χ0v) is 17.0. The van der Waals surface area contributed by atoms with Gasteiger partial charge in [0.15, 0.2) is 0 Å². The lowest BCUT2D eigenvalue weighted by Crippen LogP contribution is -2.20. The Morgan fingerprint density at radius 3 is 1.22 bits per heavy atom. The summed E-state index contributed by atoms with van der Waals surface area (Å²) in [5, 5.41) is 0. The Labute approximate surface area is 163 Å². The first kappa shape index (κ1) is 17.7. The lowest BCUT2D eigenvalue weighted by Gasteiger charge is -2.25. The van der Waals surface area contributed by atoms with Crippen LogP contribution in [0, 0.1) is 48.2 Å². The van der Waals surface area contributed by atoms with Crippen LogP contribution in [0.4, 0.5) is 22.7 Å². The van der Waals surface area contributed by atoms with Crippen LogP contribution in [0.2, 0.25) is 0 Å². The van der Waals surface area contributed by atoms with Gasteiger partial charge in [0, 0.05) is 11.4 Å². The van der Waals surface area contributed by atoms with Crippen molar-refractivity contribution >= 4 is 22.7 Å². The van der Waals surface area contributed by atoms with Crippen LogP contribution in [0.1, 0.15) is 33.4 Å². The van der Waals surface area contributed by atoms with E-state index in [1.165, 1.54) is 56.1 Å². The zero-order chi connectivity index (χ0) is 19.3. The number of hydrogen-bond acceptors (Lipinski definition) is 2. The van der Waals surface area contributed by atoms with Gasteiger partial charge < -0.3 is 9.80 Å². The molecule has 0 saturated carbocycles. The van der Waals surface area contributed by atoms with Gasteiger partial charge in [-0.15, -0.1) is 0 Å². The second-order valence-corrected chi connectivity index (χ2v) is 7.75. The minimum Gasteiger partial charge on any atom is -0.307 e. The monoisotopic (exact) mass is 354 g/mol. The Morgan fingerprint density at radius 2 is 0.889 bits per heavy atom. The van der Waals surface area contributed by atoms with Gasteiger partial charge in [-0.25, -0.2) is 0 Å². The molecule has 0 amide bonds. The maximum Gasteiger partial charge on any atom is 0.218 e. The fourth-order valence-corrected chi connectivity index (χ4v) is 4.44. The molecule has 1 aliphatic rings. The molecular weight excluding hydrogens is 328 g/mol. The summed E-state index contributed by atoms with van der Waals surface area (Å²) in [5.41, 5.74) is 12.5. The van der Waals surface area contributed by atoms with Crippen molar-refractivity contribution in [3.63, 3.8) is 0 Å². The highest BCUT2D eigenvalue weighted by Crippen LogP contribution is 2.49. The van der Waals surface area contributed by atoms with Crippen LogP contribution in [0.5, 0.6) is 0 Å². The Hall–Kier alpha value is -2.74. The number of nitrogens with zero attached hydrogens (tertiary/aromatic N) is 2. The van der Waals surface area contributed by atoms with Gasteiger partial charge in [-0.2, -0.15) is 0 Å². The molecule has 0 bridgehead atoms. The molecule has 27 heavy (non-hydrogen) atoms. The Kier molecular flexibility index (Phi) is 4.22. The van der Waals surface area contributed by atoms with Crippen LogP contribution >= 0.6 is 0 Å². The first-order valence-electron chi connectivity index (χ1n) is 9.48. The predicted molar refractivity (Wildman–Crippen MR) is 115 cm³/mol. The molecule has 3 aromatic carbocycles. The fourth-order valence-electron chi connectivity index (χ4n) is 4.44. The van der Waals surface area contributed by atoms with E-state index in [2.05, 4.69) is 107 Å². The molecule has 0 fully saturated rings. The average molecular weight is 354 g/mol. The van der Waals surface area contributed by atoms with Crippen LogP contribution in [0.3, 0.4) is 0 Å². The van der Waals surface area contributed by atoms with Crippen molar-refractivity contribution in [3.05, 3.63) is 88.6 Å². The Bertz CT molecular complexity index is 904. The normalized spacial score (nSPS) is 13.3. The minimum absolute atomic E-state index is 1.17. The molecule has 0 spiro atoms. The van der Waals surface area contributed by atoms with Crippen LogP contribution in [-0.4, -0.2) is 0 Å². The first-order chi connectivity index (χ1) is 12.9. The van der Waals surface area contributed by atoms with Gasteiger partial charge in [0.25, 0.3) is 0 Å². The van der Waals surface area contributed by atoms with Gasteiger partial charge >= 0.3 is 0 Å². The number of aryl methyl sites for hydroxylation is 6. The molecule has 0 aliphatic carbocycles. The molecule has 0 atom stereocenters. The minimum atomic E-state index is 1.17. The topological polar surface area (TPSA) is 6.48 Å². The Morgan fingerprint density at radius 1 is 0.556 bits per heavy atom. The molecule has 1 aliphatic heterocycles. The molecule has 2 heteroatoms. The molecule has 0 aromatic heterocycles. The van der Waals surface area contributed by atoms with Gasteiger partial charge in [-0.05, 0) is 75.9 Å². The van der Waals surface area contributed by atoms with Crippen molar-refractivity contribution in [2.75, 3.05) is 9.80 Å². The van der Waals surface area contributed by atoms with E-state index in [1.54, 1.807) is 0 Å². The molecular formula is C25H26N2. The number of hydrogen-bond donors (Lipinski definition) is 0. The number of fused-ring (bicyclic) bond motifs is 1. The van der Waals surface area contributed by atoms with Gasteiger partial charge in [-0.1, -0.05) is 47.5 Å². The van der Waals surface area contributed by atoms with E-state index < -0.39 is 0 Å². The van der Waals surface area contributed by atoms with Crippen molar-refractivity contribution in [2.24, 2.45) is 0 Å². The van der Waals surface area contributed by atoms with Gasteiger partial charge in [-0.3, -0.25) is 0 Å². The summed E-state index contributed by atoms with van der Waals surface area (Å²) in [7, 11) is 0. The van der Waals surface area contributed by atoms with Crippen molar-refractivity contribution in [1.29, 1.82) is 0 Å². The molecule has 0 saturated heterocycles. The van der Waals surface area contributed by atoms with E-state index >= 15 is 0 Å². The lowest BCUT2D eigenvalue weighted by atomic mass is 10.0. The van der Waals surface area contributed by atoms with E-state index in [9.17, 15) is 0 Å². The molecule has 2 nitrogen and oxygen atoms in total. The molecule has 4 rings (SSSR count). The fraction of sp³-hybridized carbons (Fsp3) is 0.240. The summed E-state index contributed by atoms with van der Waals surface area (Å²) in [6, 6.07) is 17.6. The highest BCUT2D eigenvalue weighted by Gasteiger charge is 2.32. The van der Waals surface area contributed by atoms with Crippen LogP contribution in [0.15, 0.2) is 48.5 Å². The zero-order valence-electron chi connectivity index (χ0n) is 17.0. The highest BCUT2D eigenvalue weighted by molar-refractivity contribution is 5.92. The summed E-state index contributed by atoms with van der Waals surface area (Å²) >= 11 is 0. The lowest BCUT2D eigenvalue weighted by molar-refractivity contribution is 1.08. The molecule has 0 N–H and O–H groups in total. The van der Waals surface area contributed by atoms with Gasteiger partial charge in [0.1, 0.15) is 0 Å². The van der Waals surface area contributed by atoms with Crippen LogP contribution < -0.4 is 9.80 Å². The third kappa shape index (κ3) is 2.90. The van der Waals surface area contributed by atoms with E-state index in [1.807, 2.05) is 0 Å². The standard InChI is InChI=1S/C25H26N2/c1-16-11-18(3)24(19(4)12-16)26-15-27(23-10-8-7-9-22(23)26)25-20(5)13-17(2)14-21(25)6/h7-14H,1-6H3. The van der Waals surface area contributed by atoms with Crippen molar-refractivity contribution in [1.82, 2.24) is 0 Å². The van der Waals surface area contributed by atoms with Crippen LogP contribution in [-0.2, 0) is 0 Å². The van der Waals surface area contributed by atoms with Gasteiger partial charge in [0.2, 0.25) is 6.67 Å². The maximum atomic E-state index is 3.66. The number of para-hydroxylation sites is 2. The quantitative estimate of drug-likeness (QED) is 0.498. The number of rotatable bonds is 2. The summed E-state index contributed by atoms with van der Waals surface area (Å²) in [4.78, 5) is 4.44. The second kappa shape index (κ2) is 6.45. The molecule has 136 valence electrons. The Balaban J connectivity index is 1.89. The summed E-state index contributed by atoms with van der Waals surface area (Å²) in [5.74, 6) is 0. The van der Waals surface area contributed by atoms with Gasteiger partial charge in [0.05, 0.1) is 11.4 Å². The largest absolute Gasteiger partial charge is 0.307 e. The maximum absolute atomic E-state index is 3.66. The highest BCUT2D eigenvalue weighted by atomic mass is 15.4. The second-order valence-electron chi connectivity index (χ2n) is 7.75. The van der Waals surface area contributed by atoms with E-state index in [-0.39, 0.29) is 0 Å². The molecule has 1 heterocycles. The van der Waals surface area contributed by atoms with Crippen LogP contribution in [0.25, 0.3) is 0 Å². The third-order valence-electron chi connectivity index (χ3n) is 5.28. The smallest absolute Gasteiger partial charge is 0.218 e. The van der Waals surface area contributed by atoms with E-state index in [0.717, 1.165) is 0 Å². The van der Waals surface area contributed by atoms with Crippen molar-refractivity contribution in [3.8, 4) is 0 Å². The van der Waals surface area contributed by atoms with Crippen molar-refractivity contribution < 1.29 is 0 Å². The molecule has 2 radical (unpaired) electrons. The summed E-state index contributed by atoms with van der Waals surface area (Å²) < 4.78 is 0. The first-order valence-corrected chi connectivity index (χ1v) is 9.48. The van der Waals surface area contributed by atoms with Crippen molar-refractivity contribution in [2.45, 2.75) is 41.5 Å². The van der Waals surface area contributed by atoms with E-state index in [4.69, 9.17) is 0 Å². The summed E-state index contributed by atoms with van der Waals surface area (Å²) in [6.07, 6.45) is 0. The number of benzene rings is 3. The van der Waals surface area contributed by atoms with E-state index in [0.29, 0.717) is 0 Å². The summed E-state index contributed by atoms with van der Waals surface area (Å²) in [6.45, 7) is 16.7. The third-order valence-corrected chi connectivity index (χ3v) is 5.28. The molecule has 0 unspecified atom stereocenters. The SMILES string of the molecule is Cc1cc(C)c(N2[C]N(c3c(C)cc(C)cc3C)c3ccccc32)c(C)c1. The average Bonchev–Trinajstić information content (AvgIpc) is 2.93. The predicted octanol–water partition coefficient (Wildman–Crippen LogP) is 6.82. The number of anilines is 4.